The smallest absolute Gasteiger partial charge is 0.406 e. The van der Waals surface area contributed by atoms with Crippen LogP contribution in [0.15, 0.2) is 36.7 Å². The number of aliphatic hydroxyl groups is 1. The molecule has 224 valence electrons. The molecule has 1 atom stereocenters. The van der Waals surface area contributed by atoms with Crippen LogP contribution in [0, 0.1) is 0 Å². The molecule has 1 amide bonds. The number of aryl methyl sites for hydroxylation is 2. The number of rotatable bonds is 13. The number of anilines is 1. The summed E-state index contributed by atoms with van der Waals surface area (Å²) in [6.07, 6.45) is -1.73. The Kier molecular flexibility index (Phi) is 9.69. The molecule has 1 fully saturated rings. The van der Waals surface area contributed by atoms with Gasteiger partial charge in [0, 0.05) is 52.1 Å². The van der Waals surface area contributed by atoms with E-state index in [0.717, 1.165) is 0 Å². The Hall–Kier alpha value is -3.86. The molecule has 0 aliphatic carbocycles. The minimum atomic E-state index is -4.81. The van der Waals surface area contributed by atoms with Crippen molar-refractivity contribution >= 4 is 11.7 Å². The molecule has 3 heterocycles. The summed E-state index contributed by atoms with van der Waals surface area (Å²) < 4.78 is 70.7. The molecule has 2 aromatic heterocycles. The lowest BCUT2D eigenvalue weighted by Crippen LogP contribution is -2.44. The molecule has 3 N–H and O–H groups in total. The molecule has 3 aromatic rings. The lowest BCUT2D eigenvalue weighted by atomic mass is 10.1. The number of carbonyl (C=O) groups is 1. The largest absolute Gasteiger partial charge is 0.573 e. The van der Waals surface area contributed by atoms with Crippen LogP contribution in [0.1, 0.15) is 41.7 Å². The molecule has 0 bridgehead atoms. The van der Waals surface area contributed by atoms with Gasteiger partial charge in [-0.1, -0.05) is 22.6 Å². The van der Waals surface area contributed by atoms with Gasteiger partial charge in [0.25, 0.3) is 11.8 Å². The number of aliphatic hydroxyl groups excluding tert-OH is 1. The van der Waals surface area contributed by atoms with E-state index < -0.39 is 24.4 Å². The summed E-state index contributed by atoms with van der Waals surface area (Å²) in [6.45, 7) is 1.62. The highest BCUT2D eigenvalue weighted by molar-refractivity contribution is 5.91. The van der Waals surface area contributed by atoms with Gasteiger partial charge < -0.3 is 20.5 Å². The van der Waals surface area contributed by atoms with E-state index in [4.69, 9.17) is 0 Å². The minimum absolute atomic E-state index is 0.0241. The van der Waals surface area contributed by atoms with Gasteiger partial charge in [0.1, 0.15) is 12.0 Å². The maximum atomic E-state index is 13.3. The van der Waals surface area contributed by atoms with Crippen molar-refractivity contribution in [1.82, 2.24) is 40.2 Å². The Bertz CT molecular complexity index is 1270. The molecule has 1 aromatic carbocycles. The number of ether oxygens (including phenoxy) is 1. The van der Waals surface area contributed by atoms with Gasteiger partial charge in [0.2, 0.25) is 0 Å². The fraction of sp³-hybridized carbons (Fsp3) is 0.542. The van der Waals surface area contributed by atoms with Crippen LogP contribution >= 0.6 is 0 Å². The van der Waals surface area contributed by atoms with E-state index in [1.165, 1.54) is 29.1 Å². The number of aromatic nitrogens is 6. The third-order valence-corrected chi connectivity index (χ3v) is 6.25. The first-order chi connectivity index (χ1) is 19.4. The van der Waals surface area contributed by atoms with E-state index in [1.54, 1.807) is 21.8 Å². The highest BCUT2D eigenvalue weighted by atomic mass is 19.4. The topological polar surface area (TPSA) is 135 Å². The summed E-state index contributed by atoms with van der Waals surface area (Å²) in [7, 11) is 0. The molecule has 17 heteroatoms. The first kappa shape index (κ1) is 30.1. The number of nitrogens with one attached hydrogen (secondary N) is 2. The van der Waals surface area contributed by atoms with Gasteiger partial charge in [-0.25, -0.2) is 8.78 Å². The lowest BCUT2D eigenvalue weighted by Gasteiger charge is -2.32. The van der Waals surface area contributed by atoms with Crippen LogP contribution in [-0.4, -0.2) is 84.0 Å². The van der Waals surface area contributed by atoms with Crippen molar-refractivity contribution in [3.8, 4) is 5.75 Å². The van der Waals surface area contributed by atoms with Crippen LogP contribution in [0.2, 0.25) is 0 Å². The van der Waals surface area contributed by atoms with Crippen LogP contribution in [-0.2, 0) is 19.6 Å². The third-order valence-electron chi connectivity index (χ3n) is 6.25. The van der Waals surface area contributed by atoms with Crippen molar-refractivity contribution < 1.29 is 36.6 Å². The van der Waals surface area contributed by atoms with Gasteiger partial charge in [-0.2, -0.15) is 0 Å². The number of benzene rings is 1. The van der Waals surface area contributed by atoms with E-state index in [9.17, 15) is 31.9 Å². The van der Waals surface area contributed by atoms with Crippen molar-refractivity contribution in [2.24, 2.45) is 0 Å². The van der Waals surface area contributed by atoms with Crippen LogP contribution in [0.5, 0.6) is 5.75 Å². The molecule has 1 aliphatic heterocycles. The zero-order chi connectivity index (χ0) is 29.5. The fourth-order valence-corrected chi connectivity index (χ4v) is 4.18. The molecule has 4 rings (SSSR count). The SMILES string of the molecule is O=C(NCc1cccc(OC(F)(F)F)c1)c1cn(CCCCn2cc(NC(O)CN3CCC(F)(F)CC3)nn2)nn1. The number of unbranched alkanes of at least 4 members (excludes halogenated alkanes) is 1. The summed E-state index contributed by atoms with van der Waals surface area (Å²) in [5.74, 6) is -3.18. The molecule has 1 unspecified atom stereocenters. The van der Waals surface area contributed by atoms with Gasteiger partial charge >= 0.3 is 6.36 Å². The Morgan fingerprint density at radius 1 is 1.07 bits per heavy atom. The quantitative estimate of drug-likeness (QED) is 0.157. The van der Waals surface area contributed by atoms with Crippen molar-refractivity contribution in [2.75, 3.05) is 25.0 Å². The highest BCUT2D eigenvalue weighted by Crippen LogP contribution is 2.27. The van der Waals surface area contributed by atoms with E-state index in [2.05, 4.69) is 36.0 Å². The molecule has 1 aliphatic rings. The van der Waals surface area contributed by atoms with Gasteiger partial charge in [0.05, 0.1) is 12.4 Å². The Morgan fingerprint density at radius 3 is 2.46 bits per heavy atom. The standard InChI is InChI=1S/C24H30F5N9O3/c25-23(26)6-10-36(11-7-23)16-21(39)31-20-15-38(35-33-20)9-2-1-8-37-14-19(32-34-37)22(40)30-13-17-4-3-5-18(12-17)41-24(27,28)29/h3-5,12,14-15,21,31,39H,1-2,6-11,13,16H2,(H,30,40). The number of β-amino-alcohol motifs (C(OH)–C–C–N with tert-alkyl or cyclic N) is 1. The summed E-state index contributed by atoms with van der Waals surface area (Å²) >= 11 is 0. The number of piperidine rings is 1. The average molecular weight is 588 g/mol. The first-order valence-electron chi connectivity index (χ1n) is 12.9. The molecule has 0 saturated carbocycles. The first-order valence-corrected chi connectivity index (χ1v) is 12.9. The van der Waals surface area contributed by atoms with Gasteiger partial charge in [0.15, 0.2) is 11.5 Å². The van der Waals surface area contributed by atoms with Crippen molar-refractivity contribution in [2.45, 2.75) is 63.8 Å². The zero-order valence-corrected chi connectivity index (χ0v) is 21.9. The number of hydrogen-bond donors (Lipinski definition) is 3. The molecule has 0 radical (unpaired) electrons. The van der Waals surface area contributed by atoms with Crippen LogP contribution < -0.4 is 15.4 Å². The maximum absolute atomic E-state index is 13.3. The Morgan fingerprint density at radius 2 is 1.76 bits per heavy atom. The highest BCUT2D eigenvalue weighted by Gasteiger charge is 2.34. The summed E-state index contributed by atoms with van der Waals surface area (Å²) in [5.41, 5.74) is 0.485. The van der Waals surface area contributed by atoms with Gasteiger partial charge in [-0.05, 0) is 30.5 Å². The normalized spacial score (nSPS) is 16.3. The van der Waals surface area contributed by atoms with Gasteiger partial charge in [-0.3, -0.25) is 19.1 Å². The molecule has 12 nitrogen and oxygen atoms in total. The predicted molar refractivity (Wildman–Crippen MR) is 134 cm³/mol. The van der Waals surface area contributed by atoms with Crippen LogP contribution in [0.25, 0.3) is 0 Å². The Balaban J connectivity index is 1.13. The number of likely N-dealkylation sites (tertiary alicyclic amines) is 1. The maximum Gasteiger partial charge on any atom is 0.573 e. The third kappa shape index (κ3) is 9.93. The van der Waals surface area contributed by atoms with Crippen LogP contribution in [0.3, 0.4) is 0 Å². The fourth-order valence-electron chi connectivity index (χ4n) is 4.18. The lowest BCUT2D eigenvalue weighted by molar-refractivity contribution is -0.274. The number of halogens is 5. The van der Waals surface area contributed by atoms with Crippen molar-refractivity contribution in [3.05, 3.63) is 47.9 Å². The number of carbonyl (C=O) groups excluding carboxylic acids is 1. The number of alkyl halides is 5. The van der Waals surface area contributed by atoms with Crippen molar-refractivity contribution in [3.63, 3.8) is 0 Å². The van der Waals surface area contributed by atoms with E-state index in [-0.39, 0.29) is 50.5 Å². The molecule has 0 spiro atoms. The van der Waals surface area contributed by atoms with E-state index in [0.29, 0.717) is 37.3 Å². The predicted octanol–water partition coefficient (Wildman–Crippen LogP) is 2.64. The minimum Gasteiger partial charge on any atom is -0.406 e. The van der Waals surface area contributed by atoms with E-state index >= 15 is 0 Å². The summed E-state index contributed by atoms with van der Waals surface area (Å²) in [4.78, 5) is 14.1. The monoisotopic (exact) mass is 587 g/mol. The molecular formula is C24H30F5N9O3. The molecule has 41 heavy (non-hydrogen) atoms. The zero-order valence-electron chi connectivity index (χ0n) is 21.9. The number of nitrogens with zero attached hydrogens (tertiary/aromatic N) is 7. The second-order valence-corrected chi connectivity index (χ2v) is 9.64. The van der Waals surface area contributed by atoms with Crippen molar-refractivity contribution in [1.29, 1.82) is 0 Å². The Labute approximate surface area is 231 Å². The van der Waals surface area contributed by atoms with Crippen LogP contribution in [0.4, 0.5) is 27.8 Å². The van der Waals surface area contributed by atoms with Gasteiger partial charge in [-0.15, -0.1) is 23.4 Å². The molecule has 1 saturated heterocycles. The second-order valence-electron chi connectivity index (χ2n) is 9.64. The average Bonchev–Trinajstić information content (AvgIpc) is 3.55. The number of hydrogen-bond acceptors (Lipinski definition) is 9. The summed E-state index contributed by atoms with van der Waals surface area (Å²) in [5, 5.41) is 31.3. The number of amides is 1. The molecular weight excluding hydrogens is 557 g/mol. The van der Waals surface area contributed by atoms with E-state index in [1.807, 2.05) is 0 Å². The second kappa shape index (κ2) is 13.2. The summed E-state index contributed by atoms with van der Waals surface area (Å²) in [6, 6.07) is 5.29.